The van der Waals surface area contributed by atoms with Crippen LogP contribution in [-0.4, -0.2) is 37.5 Å². The van der Waals surface area contributed by atoms with Crippen molar-refractivity contribution in [1.82, 2.24) is 19.8 Å². The van der Waals surface area contributed by atoms with Crippen molar-refractivity contribution in [2.24, 2.45) is 0 Å². The Balaban J connectivity index is 1.58. The van der Waals surface area contributed by atoms with Crippen molar-refractivity contribution in [2.75, 3.05) is 4.90 Å². The van der Waals surface area contributed by atoms with Crippen LogP contribution >= 0.6 is 11.3 Å². The minimum Gasteiger partial charge on any atom is -0.309 e. The highest BCUT2D eigenvalue weighted by molar-refractivity contribution is 7.12. The lowest BCUT2D eigenvalue weighted by atomic mass is 10.0. The lowest BCUT2D eigenvalue weighted by Crippen LogP contribution is -2.33. The molecule has 0 N–H and O–H groups in total. The number of benzene rings is 1. The van der Waals surface area contributed by atoms with Crippen molar-refractivity contribution in [3.8, 4) is 5.00 Å². The molecule has 1 unspecified atom stereocenters. The summed E-state index contributed by atoms with van der Waals surface area (Å²) < 4.78 is 2.23. The standard InChI is InChI=1S/C18H17N5O3S/c1-11-8-14-9-13(5-6-15(14)22(11)12(2)24)16(25)10-21-18(26)23(20-19-21)17-4-3-7-27-17/h3-7,9,11H,8,10H2,1-2H3. The normalized spacial score (nSPS) is 15.8. The molecule has 0 radical (unpaired) electrons. The van der Waals surface area contributed by atoms with Crippen LogP contribution in [0.5, 0.6) is 0 Å². The van der Waals surface area contributed by atoms with E-state index in [1.54, 1.807) is 29.2 Å². The topological polar surface area (TPSA) is 90.1 Å². The molecule has 0 fully saturated rings. The third kappa shape index (κ3) is 2.99. The van der Waals surface area contributed by atoms with Crippen molar-refractivity contribution < 1.29 is 9.59 Å². The van der Waals surface area contributed by atoms with E-state index in [4.69, 9.17) is 0 Å². The van der Waals surface area contributed by atoms with Crippen LogP contribution in [0.2, 0.25) is 0 Å². The first-order valence-electron chi connectivity index (χ1n) is 8.48. The summed E-state index contributed by atoms with van der Waals surface area (Å²) >= 11 is 1.36. The number of fused-ring (bicyclic) bond motifs is 1. The molecule has 3 heterocycles. The summed E-state index contributed by atoms with van der Waals surface area (Å²) in [4.78, 5) is 38.6. The van der Waals surface area contributed by atoms with Crippen molar-refractivity contribution in [3.05, 3.63) is 57.3 Å². The molecule has 1 atom stereocenters. The molecule has 0 bridgehead atoms. The van der Waals surface area contributed by atoms with Gasteiger partial charge in [-0.15, -0.1) is 11.3 Å². The number of ketones is 1. The van der Waals surface area contributed by atoms with Gasteiger partial charge in [0.2, 0.25) is 5.91 Å². The Bertz CT molecular complexity index is 1080. The predicted octanol–water partition coefficient (Wildman–Crippen LogP) is 1.67. The lowest BCUT2D eigenvalue weighted by Gasteiger charge is -2.20. The minimum absolute atomic E-state index is 0.0166. The van der Waals surface area contributed by atoms with Crippen LogP contribution in [0, 0.1) is 0 Å². The molecule has 0 saturated heterocycles. The Labute approximate surface area is 158 Å². The number of tetrazole rings is 1. The SMILES string of the molecule is CC(=O)N1c2ccc(C(=O)Cn3nnn(-c4cccs4)c3=O)cc2CC1C. The molecule has 1 aliphatic rings. The van der Waals surface area contributed by atoms with E-state index in [0.29, 0.717) is 17.0 Å². The summed E-state index contributed by atoms with van der Waals surface area (Å²) in [6.07, 6.45) is 0.699. The van der Waals surface area contributed by atoms with E-state index in [-0.39, 0.29) is 24.3 Å². The van der Waals surface area contributed by atoms with E-state index in [1.165, 1.54) is 22.9 Å². The van der Waals surface area contributed by atoms with Crippen LogP contribution < -0.4 is 10.6 Å². The van der Waals surface area contributed by atoms with Gasteiger partial charge in [-0.25, -0.2) is 4.79 Å². The fraction of sp³-hybridized carbons (Fsp3) is 0.278. The Kier molecular flexibility index (Phi) is 4.23. The average molecular weight is 383 g/mol. The summed E-state index contributed by atoms with van der Waals surface area (Å²) in [6.45, 7) is 3.33. The summed E-state index contributed by atoms with van der Waals surface area (Å²) in [5.41, 5.74) is 1.83. The second-order valence-electron chi connectivity index (χ2n) is 6.49. The van der Waals surface area contributed by atoms with Gasteiger partial charge < -0.3 is 4.90 Å². The number of carbonyl (C=O) groups is 2. The van der Waals surface area contributed by atoms with E-state index >= 15 is 0 Å². The highest BCUT2D eigenvalue weighted by Crippen LogP contribution is 2.33. The van der Waals surface area contributed by atoms with Crippen molar-refractivity contribution in [1.29, 1.82) is 0 Å². The molecule has 9 heteroatoms. The van der Waals surface area contributed by atoms with Crippen LogP contribution in [0.25, 0.3) is 5.00 Å². The number of hydrogen-bond donors (Lipinski definition) is 0. The third-order valence-corrected chi connectivity index (χ3v) is 5.45. The predicted molar refractivity (Wildman–Crippen MR) is 101 cm³/mol. The van der Waals surface area contributed by atoms with Crippen LogP contribution in [0.1, 0.15) is 29.8 Å². The van der Waals surface area contributed by atoms with E-state index in [2.05, 4.69) is 10.4 Å². The first-order chi connectivity index (χ1) is 13.0. The number of amides is 1. The van der Waals surface area contributed by atoms with Gasteiger partial charge in [0.25, 0.3) is 0 Å². The van der Waals surface area contributed by atoms with E-state index in [0.717, 1.165) is 15.9 Å². The lowest BCUT2D eigenvalue weighted by molar-refractivity contribution is -0.116. The van der Waals surface area contributed by atoms with Crippen LogP contribution in [0.4, 0.5) is 5.69 Å². The molecule has 4 rings (SSSR count). The van der Waals surface area contributed by atoms with Crippen LogP contribution in [-0.2, 0) is 17.8 Å². The van der Waals surface area contributed by atoms with Crippen molar-refractivity contribution in [2.45, 2.75) is 32.9 Å². The number of rotatable bonds is 4. The van der Waals surface area contributed by atoms with Gasteiger partial charge in [-0.1, -0.05) is 0 Å². The average Bonchev–Trinajstić information content (AvgIpc) is 3.33. The highest BCUT2D eigenvalue weighted by Gasteiger charge is 2.29. The number of hydrogen-bond acceptors (Lipinski definition) is 6. The van der Waals surface area contributed by atoms with Gasteiger partial charge in [-0.3, -0.25) is 9.59 Å². The molecule has 8 nitrogen and oxygen atoms in total. The molecule has 0 spiro atoms. The van der Waals surface area contributed by atoms with Crippen LogP contribution in [0.3, 0.4) is 0 Å². The number of thiophene rings is 1. The van der Waals surface area contributed by atoms with Gasteiger partial charge in [0.1, 0.15) is 11.5 Å². The molecule has 1 aliphatic heterocycles. The van der Waals surface area contributed by atoms with E-state index in [9.17, 15) is 14.4 Å². The number of aromatic nitrogens is 4. The monoisotopic (exact) mass is 383 g/mol. The van der Waals surface area contributed by atoms with Gasteiger partial charge in [0.15, 0.2) is 5.78 Å². The van der Waals surface area contributed by atoms with E-state index < -0.39 is 5.69 Å². The summed E-state index contributed by atoms with van der Waals surface area (Å²) in [6, 6.07) is 8.91. The molecule has 1 amide bonds. The summed E-state index contributed by atoms with van der Waals surface area (Å²) in [7, 11) is 0. The molecular formula is C18H17N5O3S. The van der Waals surface area contributed by atoms with Gasteiger partial charge >= 0.3 is 5.69 Å². The second-order valence-corrected chi connectivity index (χ2v) is 7.42. The van der Waals surface area contributed by atoms with E-state index in [1.807, 2.05) is 18.4 Å². The second kappa shape index (κ2) is 6.58. The zero-order valence-electron chi connectivity index (χ0n) is 14.8. The first-order valence-corrected chi connectivity index (χ1v) is 9.36. The maximum absolute atomic E-state index is 12.6. The Morgan fingerprint density at radius 3 is 2.78 bits per heavy atom. The van der Waals surface area contributed by atoms with Crippen LogP contribution in [0.15, 0.2) is 40.5 Å². The summed E-state index contributed by atoms with van der Waals surface area (Å²) in [5.74, 6) is -0.246. The Morgan fingerprint density at radius 2 is 2.07 bits per heavy atom. The van der Waals surface area contributed by atoms with Gasteiger partial charge in [-0.05, 0) is 65.0 Å². The molecule has 0 saturated carbocycles. The Hall–Kier alpha value is -3.07. The third-order valence-electron chi connectivity index (χ3n) is 4.60. The molecule has 0 aliphatic carbocycles. The largest absolute Gasteiger partial charge is 0.369 e. The number of Topliss-reactive ketones (excluding diaryl/α,β-unsaturated/α-hetero) is 1. The molecule has 138 valence electrons. The first kappa shape index (κ1) is 17.3. The van der Waals surface area contributed by atoms with Crippen molar-refractivity contribution >= 4 is 28.7 Å². The van der Waals surface area contributed by atoms with Gasteiger partial charge in [0, 0.05) is 24.2 Å². The molecule has 1 aromatic carbocycles. The molecule has 3 aromatic rings. The quantitative estimate of drug-likeness (QED) is 0.639. The van der Waals surface area contributed by atoms with Gasteiger partial charge in [0.05, 0.1) is 0 Å². The molecular weight excluding hydrogens is 366 g/mol. The number of carbonyl (C=O) groups excluding carboxylic acids is 2. The molecule has 2 aromatic heterocycles. The maximum Gasteiger partial charge on any atom is 0.369 e. The maximum atomic E-state index is 12.6. The van der Waals surface area contributed by atoms with Crippen molar-refractivity contribution in [3.63, 3.8) is 0 Å². The number of nitrogens with zero attached hydrogens (tertiary/aromatic N) is 5. The highest BCUT2D eigenvalue weighted by atomic mass is 32.1. The summed E-state index contributed by atoms with van der Waals surface area (Å²) in [5, 5.41) is 10.1. The fourth-order valence-corrected chi connectivity index (χ4v) is 4.08. The zero-order chi connectivity index (χ0) is 19.1. The zero-order valence-corrected chi connectivity index (χ0v) is 15.6. The Morgan fingerprint density at radius 1 is 1.26 bits per heavy atom. The smallest absolute Gasteiger partial charge is 0.309 e. The fourth-order valence-electron chi connectivity index (χ4n) is 3.41. The minimum atomic E-state index is -0.455. The number of anilines is 1. The molecule has 27 heavy (non-hydrogen) atoms. The van der Waals surface area contributed by atoms with Gasteiger partial charge in [-0.2, -0.15) is 9.36 Å².